The van der Waals surface area contributed by atoms with E-state index in [1.807, 2.05) is 6.07 Å². The summed E-state index contributed by atoms with van der Waals surface area (Å²) in [6.45, 7) is 5.36. The van der Waals surface area contributed by atoms with Crippen molar-refractivity contribution >= 4 is 22.6 Å². The van der Waals surface area contributed by atoms with Crippen LogP contribution in [0.15, 0.2) is 24.4 Å². The van der Waals surface area contributed by atoms with Gasteiger partial charge in [0.15, 0.2) is 0 Å². The molecule has 0 radical (unpaired) electrons. The monoisotopic (exact) mass is 233 g/mol. The fourth-order valence-corrected chi connectivity index (χ4v) is 1.30. The normalized spacial score (nSPS) is 11.7. The average Bonchev–Trinajstić information content (AvgIpc) is 2.60. The minimum atomic E-state index is -0.571. The predicted octanol–water partition coefficient (Wildman–Crippen LogP) is 1.62. The molecule has 1 aromatic carbocycles. The van der Waals surface area contributed by atoms with Crippen LogP contribution in [-0.2, 0) is 4.79 Å². The molecule has 17 heavy (non-hydrogen) atoms. The van der Waals surface area contributed by atoms with Gasteiger partial charge in [-0.25, -0.2) is 4.79 Å². The first-order chi connectivity index (χ1) is 7.88. The van der Waals surface area contributed by atoms with Crippen LogP contribution in [-0.4, -0.2) is 15.9 Å². The van der Waals surface area contributed by atoms with Gasteiger partial charge in [0.25, 0.3) is 0 Å². The number of anilines is 1. The summed E-state index contributed by atoms with van der Waals surface area (Å²) in [6, 6.07) is 5.33. The van der Waals surface area contributed by atoms with E-state index in [2.05, 4.69) is 5.10 Å². The molecular formula is C12H15N3O2. The summed E-state index contributed by atoms with van der Waals surface area (Å²) in [6.07, 6.45) is 1.63. The van der Waals surface area contributed by atoms with Crippen LogP contribution in [0, 0.1) is 5.41 Å². The van der Waals surface area contributed by atoms with Gasteiger partial charge in [-0.2, -0.15) is 0 Å². The molecule has 0 amide bonds. The van der Waals surface area contributed by atoms with Crippen LogP contribution in [0.5, 0.6) is 0 Å². The van der Waals surface area contributed by atoms with E-state index in [1.54, 1.807) is 39.1 Å². The molecule has 0 saturated carbocycles. The largest absolute Gasteiger partial charge is 0.399 e. The van der Waals surface area contributed by atoms with E-state index in [4.69, 9.17) is 10.6 Å². The van der Waals surface area contributed by atoms with E-state index >= 15 is 0 Å². The van der Waals surface area contributed by atoms with Crippen molar-refractivity contribution in [1.29, 1.82) is 0 Å². The van der Waals surface area contributed by atoms with Crippen molar-refractivity contribution < 1.29 is 9.63 Å². The van der Waals surface area contributed by atoms with Gasteiger partial charge >= 0.3 is 5.97 Å². The summed E-state index contributed by atoms with van der Waals surface area (Å²) < 4.78 is 0. The van der Waals surface area contributed by atoms with E-state index in [0.717, 1.165) is 5.39 Å². The smallest absolute Gasteiger partial charge is 0.340 e. The minimum Gasteiger partial charge on any atom is -0.399 e. The highest BCUT2D eigenvalue weighted by molar-refractivity contribution is 5.83. The molecule has 0 saturated heterocycles. The van der Waals surface area contributed by atoms with E-state index in [1.165, 1.54) is 4.85 Å². The van der Waals surface area contributed by atoms with Gasteiger partial charge in [0, 0.05) is 11.1 Å². The number of benzene rings is 1. The number of rotatable bonds is 1. The van der Waals surface area contributed by atoms with E-state index in [0.29, 0.717) is 11.2 Å². The van der Waals surface area contributed by atoms with Crippen molar-refractivity contribution in [1.82, 2.24) is 9.94 Å². The molecule has 0 unspecified atom stereocenters. The van der Waals surface area contributed by atoms with Crippen LogP contribution in [0.3, 0.4) is 0 Å². The lowest BCUT2D eigenvalue weighted by Gasteiger charge is -2.15. The molecule has 0 fully saturated rings. The maximum absolute atomic E-state index is 11.7. The van der Waals surface area contributed by atoms with Gasteiger partial charge in [0.2, 0.25) is 0 Å². The Labute approximate surface area is 99.1 Å². The zero-order valence-corrected chi connectivity index (χ0v) is 10.1. The Bertz CT molecular complexity index is 567. The zero-order valence-electron chi connectivity index (χ0n) is 10.1. The molecule has 2 aromatic rings. The molecular weight excluding hydrogens is 218 g/mol. The molecule has 5 nitrogen and oxygen atoms in total. The number of aromatic nitrogens is 2. The molecule has 0 aliphatic rings. The maximum Gasteiger partial charge on any atom is 0.340 e. The number of carbonyl (C=O) groups excluding carboxylic acids is 1. The standard InChI is InChI=1S/C12H15N3O2/c1-12(2,3)11(16)17-15-10-6-9(13)5-4-8(10)7-14-15/h4-7H,13H2,1-3H3. The van der Waals surface area contributed by atoms with Crippen LogP contribution in [0.4, 0.5) is 5.69 Å². The number of fused-ring (bicyclic) bond motifs is 1. The molecule has 0 atom stereocenters. The Morgan fingerprint density at radius 3 is 2.76 bits per heavy atom. The second-order valence-electron chi connectivity index (χ2n) is 4.96. The second kappa shape index (κ2) is 3.76. The Kier molecular flexibility index (Phi) is 2.53. The van der Waals surface area contributed by atoms with Gasteiger partial charge in [-0.15, -0.1) is 5.10 Å². The lowest BCUT2D eigenvalue weighted by atomic mass is 9.98. The number of hydrogen-bond donors (Lipinski definition) is 1. The summed E-state index contributed by atoms with van der Waals surface area (Å²) in [7, 11) is 0. The highest BCUT2D eigenvalue weighted by Crippen LogP contribution is 2.18. The first-order valence-electron chi connectivity index (χ1n) is 5.34. The molecule has 1 heterocycles. The average molecular weight is 233 g/mol. The molecule has 1 aromatic heterocycles. The molecule has 2 N–H and O–H groups in total. The van der Waals surface area contributed by atoms with Crippen molar-refractivity contribution in [3.05, 3.63) is 24.4 Å². The summed E-state index contributed by atoms with van der Waals surface area (Å²) in [5.74, 6) is -0.343. The van der Waals surface area contributed by atoms with Crippen LogP contribution in [0.25, 0.3) is 10.9 Å². The predicted molar refractivity (Wildman–Crippen MR) is 65.2 cm³/mol. The van der Waals surface area contributed by atoms with E-state index in [-0.39, 0.29) is 5.97 Å². The van der Waals surface area contributed by atoms with Gasteiger partial charge in [-0.05, 0) is 39.0 Å². The first kappa shape index (κ1) is 11.4. The number of nitrogens with zero attached hydrogens (tertiary/aromatic N) is 2. The number of carbonyl (C=O) groups is 1. The minimum absolute atomic E-state index is 0.343. The quantitative estimate of drug-likeness (QED) is 0.760. The van der Waals surface area contributed by atoms with Gasteiger partial charge in [0.05, 0.1) is 11.6 Å². The fraction of sp³-hybridized carbons (Fsp3) is 0.333. The SMILES string of the molecule is CC(C)(C)C(=O)On1ncc2ccc(N)cc21. The van der Waals surface area contributed by atoms with Crippen LogP contribution in [0.1, 0.15) is 20.8 Å². The molecule has 0 aliphatic heterocycles. The van der Waals surface area contributed by atoms with Crippen LogP contribution >= 0.6 is 0 Å². The number of hydrogen-bond acceptors (Lipinski definition) is 4. The van der Waals surface area contributed by atoms with Crippen LogP contribution in [0.2, 0.25) is 0 Å². The Morgan fingerprint density at radius 2 is 2.12 bits per heavy atom. The molecule has 2 rings (SSSR count). The fourth-order valence-electron chi connectivity index (χ4n) is 1.30. The molecule has 0 spiro atoms. The third-order valence-corrected chi connectivity index (χ3v) is 2.34. The third-order valence-electron chi connectivity index (χ3n) is 2.34. The van der Waals surface area contributed by atoms with Crippen molar-refractivity contribution in [2.24, 2.45) is 5.41 Å². The van der Waals surface area contributed by atoms with Gasteiger partial charge in [-0.3, -0.25) is 0 Å². The van der Waals surface area contributed by atoms with Crippen LogP contribution < -0.4 is 10.6 Å². The van der Waals surface area contributed by atoms with Gasteiger partial charge in [-0.1, -0.05) is 4.85 Å². The maximum atomic E-state index is 11.7. The molecule has 0 bridgehead atoms. The topological polar surface area (TPSA) is 70.1 Å². The highest BCUT2D eigenvalue weighted by atomic mass is 16.7. The zero-order chi connectivity index (χ0) is 12.6. The second-order valence-corrected chi connectivity index (χ2v) is 4.96. The third kappa shape index (κ3) is 2.22. The van der Waals surface area contributed by atoms with E-state index < -0.39 is 5.41 Å². The lowest BCUT2D eigenvalue weighted by molar-refractivity contribution is -0.154. The van der Waals surface area contributed by atoms with Crippen molar-refractivity contribution in [2.75, 3.05) is 5.73 Å². The summed E-state index contributed by atoms with van der Waals surface area (Å²) >= 11 is 0. The summed E-state index contributed by atoms with van der Waals surface area (Å²) in [5, 5.41) is 4.88. The number of nitrogens with two attached hydrogens (primary N) is 1. The summed E-state index contributed by atoms with van der Waals surface area (Å²) in [5.41, 5.74) is 6.40. The van der Waals surface area contributed by atoms with E-state index in [9.17, 15) is 4.79 Å². The molecule has 0 aliphatic carbocycles. The molecule has 5 heteroatoms. The molecule has 90 valence electrons. The van der Waals surface area contributed by atoms with Crippen molar-refractivity contribution in [2.45, 2.75) is 20.8 Å². The first-order valence-corrected chi connectivity index (χ1v) is 5.34. The Morgan fingerprint density at radius 1 is 1.41 bits per heavy atom. The van der Waals surface area contributed by atoms with Crippen molar-refractivity contribution in [3.8, 4) is 0 Å². The summed E-state index contributed by atoms with van der Waals surface area (Å²) in [4.78, 5) is 18.2. The van der Waals surface area contributed by atoms with Crippen molar-refractivity contribution in [3.63, 3.8) is 0 Å². The Balaban J connectivity index is 2.37. The lowest BCUT2D eigenvalue weighted by Crippen LogP contribution is -2.31. The number of nitrogen functional groups attached to an aromatic ring is 1. The van der Waals surface area contributed by atoms with Gasteiger partial charge < -0.3 is 10.6 Å². The highest BCUT2D eigenvalue weighted by Gasteiger charge is 2.25. The van der Waals surface area contributed by atoms with Gasteiger partial charge in [0.1, 0.15) is 5.52 Å². The Hall–Kier alpha value is -2.04.